The normalized spacial score (nSPS) is 16.6. The van der Waals surface area contributed by atoms with Gasteiger partial charge in [-0.3, -0.25) is 4.79 Å². The summed E-state index contributed by atoms with van der Waals surface area (Å²) in [5.41, 5.74) is 4.02. The van der Waals surface area contributed by atoms with E-state index >= 15 is 0 Å². The Morgan fingerprint density at radius 1 is 1.15 bits per heavy atom. The highest BCUT2D eigenvalue weighted by atomic mass is 32.1. The van der Waals surface area contributed by atoms with Crippen LogP contribution in [0.5, 0.6) is 5.75 Å². The Kier molecular flexibility index (Phi) is 5.23. The van der Waals surface area contributed by atoms with Crippen LogP contribution in [-0.4, -0.2) is 18.1 Å². The van der Waals surface area contributed by atoms with E-state index in [0.717, 1.165) is 28.3 Å². The number of hydrogen-bond acceptors (Lipinski definition) is 3. The molecule has 1 aliphatic rings. The first kappa shape index (κ1) is 17.9. The molecule has 0 saturated heterocycles. The third-order valence-corrected chi connectivity index (χ3v) is 4.55. The maximum absolute atomic E-state index is 13.1. The Morgan fingerprint density at radius 3 is 2.65 bits per heavy atom. The number of ether oxygens (including phenoxy) is 1. The first-order valence-electron chi connectivity index (χ1n) is 8.29. The van der Waals surface area contributed by atoms with Crippen LogP contribution in [0.3, 0.4) is 0 Å². The van der Waals surface area contributed by atoms with Crippen molar-refractivity contribution in [3.05, 3.63) is 70.9 Å². The molecule has 1 amide bonds. The number of thiocarbonyl (C=S) groups is 1. The van der Waals surface area contributed by atoms with Crippen molar-refractivity contribution in [3.63, 3.8) is 0 Å². The molecule has 2 aromatic rings. The lowest BCUT2D eigenvalue weighted by Crippen LogP contribution is -2.45. The maximum Gasteiger partial charge on any atom is 0.255 e. The van der Waals surface area contributed by atoms with Crippen LogP contribution in [0.15, 0.2) is 59.8 Å². The Hall–Kier alpha value is -2.86. The lowest BCUT2D eigenvalue weighted by atomic mass is 9.94. The van der Waals surface area contributed by atoms with E-state index in [1.165, 1.54) is 0 Å². The van der Waals surface area contributed by atoms with Crippen molar-refractivity contribution in [1.82, 2.24) is 10.6 Å². The van der Waals surface area contributed by atoms with Gasteiger partial charge in [0.1, 0.15) is 5.75 Å². The lowest BCUT2D eigenvalue weighted by molar-refractivity contribution is -0.113. The van der Waals surface area contributed by atoms with E-state index in [2.05, 4.69) is 16.0 Å². The van der Waals surface area contributed by atoms with Crippen LogP contribution in [0.2, 0.25) is 0 Å². The first-order valence-corrected chi connectivity index (χ1v) is 8.69. The topological polar surface area (TPSA) is 62.4 Å². The zero-order valence-corrected chi connectivity index (χ0v) is 15.7. The Morgan fingerprint density at radius 2 is 1.92 bits per heavy atom. The number of anilines is 1. The molecule has 1 heterocycles. The number of amides is 1. The fourth-order valence-electron chi connectivity index (χ4n) is 2.97. The first-order chi connectivity index (χ1) is 12.5. The quantitative estimate of drug-likeness (QED) is 0.723. The van der Waals surface area contributed by atoms with Gasteiger partial charge >= 0.3 is 0 Å². The van der Waals surface area contributed by atoms with E-state index in [4.69, 9.17) is 17.0 Å². The molecular weight excluding hydrogens is 346 g/mol. The van der Waals surface area contributed by atoms with Gasteiger partial charge in [0.2, 0.25) is 0 Å². The summed E-state index contributed by atoms with van der Waals surface area (Å²) in [5.74, 6) is 0.553. The van der Waals surface area contributed by atoms with Gasteiger partial charge in [-0.1, -0.05) is 30.3 Å². The average Bonchev–Trinajstić information content (AvgIpc) is 2.63. The Labute approximate surface area is 158 Å². The van der Waals surface area contributed by atoms with Crippen molar-refractivity contribution in [2.75, 3.05) is 12.4 Å². The van der Waals surface area contributed by atoms with E-state index in [0.29, 0.717) is 10.7 Å². The van der Waals surface area contributed by atoms with Crippen molar-refractivity contribution in [3.8, 4) is 5.75 Å². The molecule has 3 rings (SSSR count). The molecule has 0 bridgehead atoms. The van der Waals surface area contributed by atoms with Gasteiger partial charge in [-0.2, -0.15) is 0 Å². The molecule has 1 aliphatic heterocycles. The van der Waals surface area contributed by atoms with Gasteiger partial charge in [-0.05, 0) is 55.4 Å². The summed E-state index contributed by atoms with van der Waals surface area (Å²) in [5, 5.41) is 9.73. The number of rotatable bonds is 4. The maximum atomic E-state index is 13.1. The number of methoxy groups -OCH3 is 1. The van der Waals surface area contributed by atoms with Crippen molar-refractivity contribution in [2.24, 2.45) is 0 Å². The predicted molar refractivity (Wildman–Crippen MR) is 107 cm³/mol. The second-order valence-corrected chi connectivity index (χ2v) is 6.52. The van der Waals surface area contributed by atoms with Crippen LogP contribution >= 0.6 is 12.2 Å². The SMILES string of the molecule is COc1cccc(C2NC(=S)NC(C)=C2C(=O)Nc2ccccc2C)c1. The van der Waals surface area contributed by atoms with Crippen LogP contribution in [-0.2, 0) is 4.79 Å². The number of hydrogen-bond donors (Lipinski definition) is 3. The Bertz CT molecular complexity index is 892. The van der Waals surface area contributed by atoms with Gasteiger partial charge in [-0.25, -0.2) is 0 Å². The molecule has 1 unspecified atom stereocenters. The van der Waals surface area contributed by atoms with Crippen LogP contribution in [0, 0.1) is 6.92 Å². The number of para-hydroxylation sites is 1. The third-order valence-electron chi connectivity index (χ3n) is 4.33. The molecular formula is C20H21N3O2S. The summed E-state index contributed by atoms with van der Waals surface area (Å²) >= 11 is 5.29. The van der Waals surface area contributed by atoms with Crippen LogP contribution in [0.25, 0.3) is 0 Å². The summed E-state index contributed by atoms with van der Waals surface area (Å²) in [7, 11) is 1.62. The molecule has 0 saturated carbocycles. The van der Waals surface area contributed by atoms with Crippen molar-refractivity contribution in [2.45, 2.75) is 19.9 Å². The summed E-state index contributed by atoms with van der Waals surface area (Å²) in [6.45, 7) is 3.82. The van der Waals surface area contributed by atoms with E-state index in [1.807, 2.05) is 62.4 Å². The molecule has 26 heavy (non-hydrogen) atoms. The highest BCUT2D eigenvalue weighted by molar-refractivity contribution is 7.80. The van der Waals surface area contributed by atoms with Gasteiger partial charge < -0.3 is 20.7 Å². The van der Waals surface area contributed by atoms with E-state index in [1.54, 1.807) is 7.11 Å². The average molecular weight is 367 g/mol. The van der Waals surface area contributed by atoms with Crippen molar-refractivity contribution >= 4 is 28.9 Å². The fourth-order valence-corrected chi connectivity index (χ4v) is 3.24. The minimum Gasteiger partial charge on any atom is -0.497 e. The summed E-state index contributed by atoms with van der Waals surface area (Å²) < 4.78 is 5.31. The zero-order valence-electron chi connectivity index (χ0n) is 14.9. The summed E-state index contributed by atoms with van der Waals surface area (Å²) in [6.07, 6.45) is 0. The number of aryl methyl sites for hydroxylation is 1. The standard InChI is InChI=1S/C20H21N3O2S/c1-12-7-4-5-10-16(12)22-19(24)17-13(2)21-20(26)23-18(17)14-8-6-9-15(11-14)25-3/h4-11,18H,1-3H3,(H,22,24)(H2,21,23,26). The van der Waals surface area contributed by atoms with Gasteiger partial charge in [0.25, 0.3) is 5.91 Å². The molecule has 5 nitrogen and oxygen atoms in total. The summed E-state index contributed by atoms with van der Waals surface area (Å²) in [6, 6.07) is 14.9. The molecule has 0 aliphatic carbocycles. The third kappa shape index (κ3) is 3.70. The number of carbonyl (C=O) groups excluding carboxylic acids is 1. The van der Waals surface area contributed by atoms with Crippen LogP contribution in [0.1, 0.15) is 24.1 Å². The fraction of sp³-hybridized carbons (Fsp3) is 0.200. The molecule has 0 aromatic heterocycles. The number of allylic oxidation sites excluding steroid dienone is 1. The molecule has 0 radical (unpaired) electrons. The second-order valence-electron chi connectivity index (χ2n) is 6.12. The molecule has 0 fully saturated rings. The lowest BCUT2D eigenvalue weighted by Gasteiger charge is -2.30. The van der Waals surface area contributed by atoms with Crippen molar-refractivity contribution in [1.29, 1.82) is 0 Å². The zero-order chi connectivity index (χ0) is 18.7. The minimum atomic E-state index is -0.358. The number of benzene rings is 2. The van der Waals surface area contributed by atoms with Crippen molar-refractivity contribution < 1.29 is 9.53 Å². The van der Waals surface area contributed by atoms with Gasteiger partial charge in [0.05, 0.1) is 18.7 Å². The van der Waals surface area contributed by atoms with Crippen LogP contribution < -0.4 is 20.7 Å². The molecule has 1 atom stereocenters. The largest absolute Gasteiger partial charge is 0.497 e. The second kappa shape index (κ2) is 7.58. The number of nitrogens with one attached hydrogen (secondary N) is 3. The highest BCUT2D eigenvalue weighted by Gasteiger charge is 2.30. The smallest absolute Gasteiger partial charge is 0.255 e. The summed E-state index contributed by atoms with van der Waals surface area (Å²) in [4.78, 5) is 13.1. The van der Waals surface area contributed by atoms with E-state index in [-0.39, 0.29) is 11.9 Å². The highest BCUT2D eigenvalue weighted by Crippen LogP contribution is 2.30. The van der Waals surface area contributed by atoms with Gasteiger partial charge in [0, 0.05) is 11.4 Å². The van der Waals surface area contributed by atoms with Crippen LogP contribution in [0.4, 0.5) is 5.69 Å². The minimum absolute atomic E-state index is 0.174. The van der Waals surface area contributed by atoms with E-state index < -0.39 is 0 Å². The van der Waals surface area contributed by atoms with Gasteiger partial charge in [0.15, 0.2) is 5.11 Å². The Balaban J connectivity index is 1.97. The number of carbonyl (C=O) groups is 1. The molecule has 3 N–H and O–H groups in total. The van der Waals surface area contributed by atoms with E-state index in [9.17, 15) is 4.79 Å². The molecule has 134 valence electrons. The molecule has 6 heteroatoms. The van der Waals surface area contributed by atoms with Gasteiger partial charge in [-0.15, -0.1) is 0 Å². The molecule has 0 spiro atoms. The predicted octanol–water partition coefficient (Wildman–Crippen LogP) is 3.44. The molecule has 2 aromatic carbocycles. The monoisotopic (exact) mass is 367 g/mol.